The fourth-order valence-corrected chi connectivity index (χ4v) is 2.66. The zero-order chi connectivity index (χ0) is 14.5. The van der Waals surface area contributed by atoms with Crippen molar-refractivity contribution in [3.63, 3.8) is 0 Å². The fourth-order valence-electron chi connectivity index (χ4n) is 2.13. The van der Waals surface area contributed by atoms with E-state index in [-0.39, 0.29) is 24.7 Å². The Morgan fingerprint density at radius 2 is 2.35 bits per heavy atom. The minimum Gasteiger partial charge on any atom is -0.484 e. The number of ether oxygens (including phenoxy) is 2. The standard InChI is InChI=1S/C14H17BrClNO3/c1-10-7-17(8-13(6-15)20-10)14(18)9-19-12-4-2-3-11(16)5-12/h2-5,10,13H,6-9H2,1H3. The second-order valence-electron chi connectivity index (χ2n) is 4.77. The first-order chi connectivity index (χ1) is 9.58. The number of hydrogen-bond acceptors (Lipinski definition) is 3. The number of halogens is 2. The molecule has 1 aromatic carbocycles. The van der Waals surface area contributed by atoms with E-state index in [2.05, 4.69) is 15.9 Å². The molecule has 1 amide bonds. The average Bonchev–Trinajstić information content (AvgIpc) is 2.44. The number of carbonyl (C=O) groups is 1. The summed E-state index contributed by atoms with van der Waals surface area (Å²) >= 11 is 9.26. The molecule has 20 heavy (non-hydrogen) atoms. The summed E-state index contributed by atoms with van der Waals surface area (Å²) in [6, 6.07) is 7.03. The van der Waals surface area contributed by atoms with E-state index in [4.69, 9.17) is 21.1 Å². The van der Waals surface area contributed by atoms with Gasteiger partial charge in [-0.2, -0.15) is 0 Å². The molecule has 2 unspecified atom stereocenters. The van der Waals surface area contributed by atoms with Crippen LogP contribution in [0.3, 0.4) is 0 Å². The Morgan fingerprint density at radius 3 is 3.05 bits per heavy atom. The molecule has 1 fully saturated rings. The number of hydrogen-bond donors (Lipinski definition) is 0. The summed E-state index contributed by atoms with van der Waals surface area (Å²) in [5.74, 6) is 0.565. The predicted molar refractivity (Wildman–Crippen MR) is 81.7 cm³/mol. The van der Waals surface area contributed by atoms with Gasteiger partial charge in [0.25, 0.3) is 5.91 Å². The van der Waals surface area contributed by atoms with Crippen LogP contribution < -0.4 is 4.74 Å². The lowest BCUT2D eigenvalue weighted by atomic mass is 10.2. The van der Waals surface area contributed by atoms with E-state index >= 15 is 0 Å². The highest BCUT2D eigenvalue weighted by Gasteiger charge is 2.27. The molecule has 1 aromatic rings. The van der Waals surface area contributed by atoms with Gasteiger partial charge in [0.1, 0.15) is 5.75 Å². The van der Waals surface area contributed by atoms with Gasteiger partial charge in [0.2, 0.25) is 0 Å². The summed E-state index contributed by atoms with van der Waals surface area (Å²) in [7, 11) is 0. The normalized spacial score (nSPS) is 22.6. The average molecular weight is 363 g/mol. The summed E-state index contributed by atoms with van der Waals surface area (Å²) in [6.45, 7) is 3.17. The molecular formula is C14H17BrClNO3. The molecule has 0 bridgehead atoms. The van der Waals surface area contributed by atoms with Crippen molar-refractivity contribution >= 4 is 33.4 Å². The molecule has 6 heteroatoms. The quantitative estimate of drug-likeness (QED) is 0.773. The monoisotopic (exact) mass is 361 g/mol. The molecule has 1 heterocycles. The number of benzene rings is 1. The van der Waals surface area contributed by atoms with Crippen molar-refractivity contribution in [2.45, 2.75) is 19.1 Å². The molecule has 0 aliphatic carbocycles. The van der Waals surface area contributed by atoms with Crippen molar-refractivity contribution in [2.24, 2.45) is 0 Å². The maximum Gasteiger partial charge on any atom is 0.260 e. The lowest BCUT2D eigenvalue weighted by Crippen LogP contribution is -2.51. The number of rotatable bonds is 4. The van der Waals surface area contributed by atoms with Crippen molar-refractivity contribution in [1.29, 1.82) is 0 Å². The van der Waals surface area contributed by atoms with Gasteiger partial charge in [0, 0.05) is 23.4 Å². The summed E-state index contributed by atoms with van der Waals surface area (Å²) in [5, 5.41) is 1.31. The van der Waals surface area contributed by atoms with E-state index in [1.165, 1.54) is 0 Å². The highest BCUT2D eigenvalue weighted by atomic mass is 79.9. The van der Waals surface area contributed by atoms with Crippen LogP contribution in [-0.2, 0) is 9.53 Å². The second kappa shape index (κ2) is 7.29. The number of alkyl halides is 1. The maximum absolute atomic E-state index is 12.2. The largest absolute Gasteiger partial charge is 0.484 e. The zero-order valence-electron chi connectivity index (χ0n) is 11.2. The van der Waals surface area contributed by atoms with Crippen LogP contribution in [0.4, 0.5) is 0 Å². The van der Waals surface area contributed by atoms with Gasteiger partial charge in [-0.05, 0) is 25.1 Å². The Hall–Kier alpha value is -0.780. The fraction of sp³-hybridized carbons (Fsp3) is 0.500. The molecule has 110 valence electrons. The topological polar surface area (TPSA) is 38.8 Å². The van der Waals surface area contributed by atoms with Crippen molar-refractivity contribution < 1.29 is 14.3 Å². The highest BCUT2D eigenvalue weighted by molar-refractivity contribution is 9.09. The predicted octanol–water partition coefficient (Wildman–Crippen LogP) is 2.73. The first-order valence-electron chi connectivity index (χ1n) is 6.46. The summed E-state index contributed by atoms with van der Waals surface area (Å²) in [5.41, 5.74) is 0. The molecule has 2 rings (SSSR count). The Morgan fingerprint density at radius 1 is 1.55 bits per heavy atom. The van der Waals surface area contributed by atoms with Gasteiger partial charge in [0.05, 0.1) is 12.2 Å². The van der Waals surface area contributed by atoms with E-state index in [0.717, 1.165) is 5.33 Å². The van der Waals surface area contributed by atoms with Gasteiger partial charge in [-0.25, -0.2) is 0 Å². The maximum atomic E-state index is 12.2. The lowest BCUT2D eigenvalue weighted by Gasteiger charge is -2.36. The van der Waals surface area contributed by atoms with Gasteiger partial charge < -0.3 is 14.4 Å². The third kappa shape index (κ3) is 4.36. The molecular weight excluding hydrogens is 346 g/mol. The van der Waals surface area contributed by atoms with E-state index in [9.17, 15) is 4.79 Å². The summed E-state index contributed by atoms with van der Waals surface area (Å²) < 4.78 is 11.2. The Balaban J connectivity index is 1.88. The van der Waals surface area contributed by atoms with Crippen LogP contribution >= 0.6 is 27.5 Å². The van der Waals surface area contributed by atoms with E-state index in [0.29, 0.717) is 23.9 Å². The van der Waals surface area contributed by atoms with Gasteiger partial charge in [-0.3, -0.25) is 4.79 Å². The number of amides is 1. The molecule has 4 nitrogen and oxygen atoms in total. The molecule has 0 N–H and O–H groups in total. The first-order valence-corrected chi connectivity index (χ1v) is 7.96. The number of carbonyl (C=O) groups excluding carboxylic acids is 1. The van der Waals surface area contributed by atoms with Crippen molar-refractivity contribution in [1.82, 2.24) is 4.90 Å². The van der Waals surface area contributed by atoms with Gasteiger partial charge in [-0.1, -0.05) is 33.6 Å². The Kier molecular flexibility index (Phi) is 5.69. The lowest BCUT2D eigenvalue weighted by molar-refractivity contribution is -0.144. The third-order valence-electron chi connectivity index (χ3n) is 3.01. The Bertz CT molecular complexity index is 471. The molecule has 1 saturated heterocycles. The molecule has 1 aliphatic heterocycles. The zero-order valence-corrected chi connectivity index (χ0v) is 13.6. The Labute approximate surface area is 132 Å². The van der Waals surface area contributed by atoms with Gasteiger partial charge in [-0.15, -0.1) is 0 Å². The van der Waals surface area contributed by atoms with Gasteiger partial charge in [0.15, 0.2) is 6.61 Å². The molecule has 0 radical (unpaired) electrons. The number of nitrogens with zero attached hydrogens (tertiary/aromatic N) is 1. The van der Waals surface area contributed by atoms with E-state index in [1.807, 2.05) is 6.92 Å². The molecule has 0 aromatic heterocycles. The van der Waals surface area contributed by atoms with Crippen LogP contribution in [0, 0.1) is 0 Å². The van der Waals surface area contributed by atoms with Gasteiger partial charge >= 0.3 is 0 Å². The second-order valence-corrected chi connectivity index (χ2v) is 5.85. The number of morpholine rings is 1. The molecule has 0 saturated carbocycles. The van der Waals surface area contributed by atoms with Crippen LogP contribution in [0.15, 0.2) is 24.3 Å². The van der Waals surface area contributed by atoms with Crippen LogP contribution in [0.2, 0.25) is 5.02 Å². The van der Waals surface area contributed by atoms with Crippen LogP contribution in [-0.4, -0.2) is 48.0 Å². The summed E-state index contributed by atoms with van der Waals surface area (Å²) in [6.07, 6.45) is 0.0790. The van der Waals surface area contributed by atoms with Crippen LogP contribution in [0.25, 0.3) is 0 Å². The van der Waals surface area contributed by atoms with Crippen LogP contribution in [0.1, 0.15) is 6.92 Å². The third-order valence-corrected chi connectivity index (χ3v) is 3.97. The molecule has 0 spiro atoms. The summed E-state index contributed by atoms with van der Waals surface area (Å²) in [4.78, 5) is 13.9. The van der Waals surface area contributed by atoms with Crippen LogP contribution in [0.5, 0.6) is 5.75 Å². The highest BCUT2D eigenvalue weighted by Crippen LogP contribution is 2.18. The van der Waals surface area contributed by atoms with Crippen molar-refractivity contribution in [3.8, 4) is 5.75 Å². The van der Waals surface area contributed by atoms with E-state index < -0.39 is 0 Å². The SMILES string of the molecule is CC1CN(C(=O)COc2cccc(Cl)c2)CC(CBr)O1. The molecule has 2 atom stereocenters. The first kappa shape index (κ1) is 15.6. The minimum absolute atomic E-state index is 0.0159. The smallest absolute Gasteiger partial charge is 0.260 e. The van der Waals surface area contributed by atoms with Crippen molar-refractivity contribution in [3.05, 3.63) is 29.3 Å². The minimum atomic E-state index is -0.0360. The molecule has 1 aliphatic rings. The van der Waals surface area contributed by atoms with Crippen molar-refractivity contribution in [2.75, 3.05) is 25.0 Å². The van der Waals surface area contributed by atoms with E-state index in [1.54, 1.807) is 29.2 Å².